The molecule has 4 heteroatoms. The summed E-state index contributed by atoms with van der Waals surface area (Å²) < 4.78 is 5.73. The van der Waals surface area contributed by atoms with E-state index in [1.807, 2.05) is 24.3 Å². The first-order chi connectivity index (χ1) is 10.0. The van der Waals surface area contributed by atoms with Crippen molar-refractivity contribution in [2.45, 2.75) is 57.2 Å². The average Bonchev–Trinajstić information content (AvgIpc) is 3.22. The Morgan fingerprint density at radius 2 is 1.86 bits per heavy atom. The van der Waals surface area contributed by atoms with Crippen molar-refractivity contribution >= 4 is 11.6 Å². The molecule has 2 N–H and O–H groups in total. The summed E-state index contributed by atoms with van der Waals surface area (Å²) >= 11 is 0. The van der Waals surface area contributed by atoms with Crippen LogP contribution in [-0.2, 0) is 4.74 Å². The number of rotatable bonds is 4. The van der Waals surface area contributed by atoms with Crippen molar-refractivity contribution in [3.8, 4) is 0 Å². The van der Waals surface area contributed by atoms with E-state index in [-0.39, 0.29) is 11.5 Å². The van der Waals surface area contributed by atoms with Gasteiger partial charge in [0.25, 0.3) is 5.91 Å². The molecule has 1 unspecified atom stereocenters. The lowest BCUT2D eigenvalue weighted by atomic mass is 9.94. The van der Waals surface area contributed by atoms with Crippen LogP contribution < -0.4 is 10.6 Å². The molecule has 3 rings (SSSR count). The highest BCUT2D eigenvalue weighted by molar-refractivity contribution is 5.94. The van der Waals surface area contributed by atoms with E-state index < -0.39 is 0 Å². The number of hydrogen-bond acceptors (Lipinski definition) is 3. The lowest BCUT2D eigenvalue weighted by Crippen LogP contribution is -2.40. The van der Waals surface area contributed by atoms with Gasteiger partial charge in [0.15, 0.2) is 0 Å². The molecule has 1 aromatic carbocycles. The summed E-state index contributed by atoms with van der Waals surface area (Å²) in [5.74, 6) is 0.0382. The van der Waals surface area contributed by atoms with Crippen LogP contribution in [0.5, 0.6) is 0 Å². The normalized spacial score (nSPS) is 24.4. The quantitative estimate of drug-likeness (QED) is 0.895. The van der Waals surface area contributed by atoms with Gasteiger partial charge in [0.2, 0.25) is 0 Å². The van der Waals surface area contributed by atoms with Gasteiger partial charge in [0.05, 0.1) is 5.60 Å². The molecule has 1 saturated carbocycles. The molecule has 1 aliphatic heterocycles. The molecular formula is C17H24N2O2. The molecule has 0 bridgehead atoms. The molecule has 0 spiro atoms. The predicted octanol–water partition coefficient (Wildman–Crippen LogP) is 2.95. The van der Waals surface area contributed by atoms with Crippen LogP contribution in [0.3, 0.4) is 0 Å². The van der Waals surface area contributed by atoms with Crippen molar-refractivity contribution in [3.05, 3.63) is 29.8 Å². The maximum absolute atomic E-state index is 11.9. The van der Waals surface area contributed by atoms with Gasteiger partial charge < -0.3 is 15.4 Å². The van der Waals surface area contributed by atoms with E-state index in [4.69, 9.17) is 4.74 Å². The van der Waals surface area contributed by atoms with Gasteiger partial charge in [-0.15, -0.1) is 0 Å². The SMILES string of the molecule is CC1(C)CC(Nc2ccc(C(=O)NC3CC3)cc2)CCO1. The van der Waals surface area contributed by atoms with Gasteiger partial charge in [0.1, 0.15) is 0 Å². The van der Waals surface area contributed by atoms with E-state index in [1.165, 1.54) is 0 Å². The molecule has 2 fully saturated rings. The lowest BCUT2D eigenvalue weighted by Gasteiger charge is -2.36. The summed E-state index contributed by atoms with van der Waals surface area (Å²) in [5, 5.41) is 6.55. The zero-order chi connectivity index (χ0) is 14.9. The highest BCUT2D eigenvalue weighted by atomic mass is 16.5. The molecule has 1 heterocycles. The number of anilines is 1. The maximum Gasteiger partial charge on any atom is 0.251 e. The van der Waals surface area contributed by atoms with Gasteiger partial charge in [-0.3, -0.25) is 4.79 Å². The fraction of sp³-hybridized carbons (Fsp3) is 0.588. The number of ether oxygens (including phenoxy) is 1. The Labute approximate surface area is 126 Å². The summed E-state index contributed by atoms with van der Waals surface area (Å²) in [6.07, 6.45) is 4.25. The highest BCUT2D eigenvalue weighted by Gasteiger charge is 2.28. The van der Waals surface area contributed by atoms with Crippen molar-refractivity contribution < 1.29 is 9.53 Å². The molecule has 0 aromatic heterocycles. The van der Waals surface area contributed by atoms with E-state index in [0.717, 1.165) is 43.5 Å². The third-order valence-corrected chi connectivity index (χ3v) is 4.13. The van der Waals surface area contributed by atoms with Gasteiger partial charge in [-0.25, -0.2) is 0 Å². The Hall–Kier alpha value is -1.55. The van der Waals surface area contributed by atoms with Gasteiger partial charge in [0, 0.05) is 29.9 Å². The molecule has 1 saturated heterocycles. The second kappa shape index (κ2) is 5.68. The topological polar surface area (TPSA) is 50.4 Å². The zero-order valence-electron chi connectivity index (χ0n) is 12.8. The minimum atomic E-state index is -0.0555. The third kappa shape index (κ3) is 3.97. The molecular weight excluding hydrogens is 264 g/mol. The highest BCUT2D eigenvalue weighted by Crippen LogP contribution is 2.26. The smallest absolute Gasteiger partial charge is 0.251 e. The Morgan fingerprint density at radius 3 is 2.48 bits per heavy atom. The zero-order valence-corrected chi connectivity index (χ0v) is 12.8. The van der Waals surface area contributed by atoms with Gasteiger partial charge in [-0.05, 0) is 63.8 Å². The fourth-order valence-corrected chi connectivity index (χ4v) is 2.80. The first-order valence-corrected chi connectivity index (χ1v) is 7.83. The standard InChI is InChI=1S/C17H24N2O2/c1-17(2)11-15(9-10-21-17)18-13-5-3-12(4-6-13)16(20)19-14-7-8-14/h3-6,14-15,18H,7-11H2,1-2H3,(H,19,20). The van der Waals surface area contributed by atoms with Crippen LogP contribution in [0, 0.1) is 0 Å². The summed E-state index contributed by atoms with van der Waals surface area (Å²) in [4.78, 5) is 11.9. The van der Waals surface area contributed by atoms with E-state index in [2.05, 4.69) is 24.5 Å². The lowest BCUT2D eigenvalue weighted by molar-refractivity contribution is -0.0553. The number of hydrogen-bond donors (Lipinski definition) is 2. The summed E-state index contributed by atoms with van der Waals surface area (Å²) in [7, 11) is 0. The van der Waals surface area contributed by atoms with Gasteiger partial charge >= 0.3 is 0 Å². The van der Waals surface area contributed by atoms with Crippen LogP contribution >= 0.6 is 0 Å². The maximum atomic E-state index is 11.9. The molecule has 2 aliphatic rings. The molecule has 1 amide bonds. The van der Waals surface area contributed by atoms with Crippen molar-refractivity contribution in [2.75, 3.05) is 11.9 Å². The van der Waals surface area contributed by atoms with Gasteiger partial charge in [-0.2, -0.15) is 0 Å². The number of nitrogens with one attached hydrogen (secondary N) is 2. The monoisotopic (exact) mass is 288 g/mol. The molecule has 1 atom stereocenters. The predicted molar refractivity (Wildman–Crippen MR) is 83.6 cm³/mol. The fourth-order valence-electron chi connectivity index (χ4n) is 2.80. The van der Waals surface area contributed by atoms with E-state index in [1.54, 1.807) is 0 Å². The van der Waals surface area contributed by atoms with Crippen molar-refractivity contribution in [3.63, 3.8) is 0 Å². The second-order valence-corrected chi connectivity index (χ2v) is 6.77. The molecule has 0 radical (unpaired) electrons. The first-order valence-electron chi connectivity index (χ1n) is 7.83. The van der Waals surface area contributed by atoms with E-state index in [0.29, 0.717) is 12.1 Å². The Morgan fingerprint density at radius 1 is 1.14 bits per heavy atom. The second-order valence-electron chi connectivity index (χ2n) is 6.77. The summed E-state index contributed by atoms with van der Waals surface area (Å²) in [6, 6.07) is 8.60. The van der Waals surface area contributed by atoms with Crippen LogP contribution in [0.1, 0.15) is 49.9 Å². The first kappa shape index (κ1) is 14.4. The number of amides is 1. The van der Waals surface area contributed by atoms with Crippen LogP contribution in [-0.4, -0.2) is 30.2 Å². The van der Waals surface area contributed by atoms with Crippen LogP contribution in [0.15, 0.2) is 24.3 Å². The summed E-state index contributed by atoms with van der Waals surface area (Å²) in [5.41, 5.74) is 1.75. The summed E-state index contributed by atoms with van der Waals surface area (Å²) in [6.45, 7) is 5.06. The molecule has 1 aliphatic carbocycles. The molecule has 114 valence electrons. The van der Waals surface area contributed by atoms with Gasteiger partial charge in [-0.1, -0.05) is 0 Å². The minimum absolute atomic E-state index is 0.0382. The van der Waals surface area contributed by atoms with Crippen molar-refractivity contribution in [2.24, 2.45) is 0 Å². The van der Waals surface area contributed by atoms with Crippen LogP contribution in [0.2, 0.25) is 0 Å². The van der Waals surface area contributed by atoms with Crippen molar-refractivity contribution in [1.29, 1.82) is 0 Å². The molecule has 1 aromatic rings. The van der Waals surface area contributed by atoms with Crippen LogP contribution in [0.4, 0.5) is 5.69 Å². The Kier molecular flexibility index (Phi) is 3.89. The van der Waals surface area contributed by atoms with Crippen molar-refractivity contribution in [1.82, 2.24) is 5.32 Å². The minimum Gasteiger partial charge on any atom is -0.382 e. The molecule has 21 heavy (non-hydrogen) atoms. The number of benzene rings is 1. The Bertz CT molecular complexity index is 506. The number of carbonyl (C=O) groups excluding carboxylic acids is 1. The van der Waals surface area contributed by atoms with E-state index in [9.17, 15) is 4.79 Å². The third-order valence-electron chi connectivity index (χ3n) is 4.13. The average molecular weight is 288 g/mol. The Balaban J connectivity index is 1.57. The van der Waals surface area contributed by atoms with E-state index >= 15 is 0 Å². The van der Waals surface area contributed by atoms with Crippen LogP contribution in [0.25, 0.3) is 0 Å². The molecule has 4 nitrogen and oxygen atoms in total. The largest absolute Gasteiger partial charge is 0.382 e. The number of carbonyl (C=O) groups is 1.